The first kappa shape index (κ1) is 18.5. The molecule has 0 N–H and O–H groups in total. The number of benzene rings is 1. The lowest BCUT2D eigenvalue weighted by atomic mass is 10.1. The minimum atomic E-state index is -0.0966. The molecule has 2 heterocycles. The first-order chi connectivity index (χ1) is 12.5. The van der Waals surface area contributed by atoms with Gasteiger partial charge in [-0.05, 0) is 38.8 Å². The molecular weight excluding hydrogens is 332 g/mol. The van der Waals surface area contributed by atoms with Crippen molar-refractivity contribution in [3.05, 3.63) is 41.5 Å². The van der Waals surface area contributed by atoms with Gasteiger partial charge in [-0.1, -0.05) is 23.4 Å². The van der Waals surface area contributed by atoms with Crippen LogP contribution in [-0.2, 0) is 9.53 Å². The summed E-state index contributed by atoms with van der Waals surface area (Å²) in [7, 11) is 1.69. The number of aryl methyl sites for hydroxylation is 2. The van der Waals surface area contributed by atoms with Crippen LogP contribution in [0.15, 0.2) is 28.8 Å². The Kier molecular flexibility index (Phi) is 5.68. The highest BCUT2D eigenvalue weighted by molar-refractivity contribution is 5.95. The normalized spacial score (nSPS) is 20.5. The van der Waals surface area contributed by atoms with Crippen molar-refractivity contribution in [2.45, 2.75) is 39.3 Å². The van der Waals surface area contributed by atoms with Crippen LogP contribution in [0.2, 0.25) is 0 Å². The monoisotopic (exact) mass is 358 g/mol. The van der Waals surface area contributed by atoms with E-state index in [9.17, 15) is 4.79 Å². The molecule has 7 nitrogen and oxygen atoms in total. The number of anilines is 1. The van der Waals surface area contributed by atoms with E-state index in [1.165, 1.54) is 0 Å². The van der Waals surface area contributed by atoms with E-state index in [0.29, 0.717) is 24.8 Å². The fraction of sp³-hybridized carbons (Fsp3) is 0.526. The Morgan fingerprint density at radius 2 is 2.15 bits per heavy atom. The number of para-hydroxylation sites is 1. The highest BCUT2D eigenvalue weighted by atomic mass is 16.5. The van der Waals surface area contributed by atoms with E-state index in [1.54, 1.807) is 14.0 Å². The molecule has 0 spiro atoms. The average Bonchev–Trinajstić information content (AvgIpc) is 3.23. The maximum absolute atomic E-state index is 13.0. The smallest absolute Gasteiger partial charge is 0.244 e. The summed E-state index contributed by atoms with van der Waals surface area (Å²) in [6.07, 6.45) is 0.788. The molecule has 26 heavy (non-hydrogen) atoms. The van der Waals surface area contributed by atoms with Crippen LogP contribution in [0.25, 0.3) is 0 Å². The standard InChI is InChI=1S/C19H26N4O3/c1-5-23(16-9-7-6-8-13(16)2)18(24)12-22-11-15(25-4)10-17(22)19-20-14(3)21-26-19/h6-9,15,17H,5,10-12H2,1-4H3/t15-,17+/m0/s1. The number of rotatable bonds is 6. The highest BCUT2D eigenvalue weighted by Gasteiger charge is 2.38. The third-order valence-corrected chi connectivity index (χ3v) is 4.89. The second kappa shape index (κ2) is 7.97. The van der Waals surface area contributed by atoms with Crippen molar-refractivity contribution in [2.24, 2.45) is 0 Å². The number of nitrogens with zero attached hydrogens (tertiary/aromatic N) is 4. The van der Waals surface area contributed by atoms with Crippen LogP contribution in [-0.4, -0.2) is 53.8 Å². The molecule has 140 valence electrons. The summed E-state index contributed by atoms with van der Waals surface area (Å²) in [5.74, 6) is 1.20. The predicted molar refractivity (Wildman–Crippen MR) is 98.0 cm³/mol. The van der Waals surface area contributed by atoms with Gasteiger partial charge >= 0.3 is 0 Å². The summed E-state index contributed by atoms with van der Waals surface area (Å²) >= 11 is 0. The number of methoxy groups -OCH3 is 1. The second-order valence-electron chi connectivity index (χ2n) is 6.64. The predicted octanol–water partition coefficient (Wildman–Crippen LogP) is 2.50. The van der Waals surface area contributed by atoms with E-state index < -0.39 is 0 Å². The summed E-state index contributed by atoms with van der Waals surface area (Å²) in [4.78, 5) is 21.3. The van der Waals surface area contributed by atoms with Gasteiger partial charge in [-0.15, -0.1) is 0 Å². The number of aromatic nitrogens is 2. The number of carbonyl (C=O) groups is 1. The van der Waals surface area contributed by atoms with Crippen LogP contribution in [0.3, 0.4) is 0 Å². The van der Waals surface area contributed by atoms with Gasteiger partial charge in [0.1, 0.15) is 0 Å². The SMILES string of the molecule is CCN(C(=O)CN1C[C@@H](OC)C[C@@H]1c1nc(C)no1)c1ccccc1C. The van der Waals surface area contributed by atoms with Crippen LogP contribution in [0, 0.1) is 13.8 Å². The van der Waals surface area contributed by atoms with Crippen molar-refractivity contribution in [1.29, 1.82) is 0 Å². The van der Waals surface area contributed by atoms with Gasteiger partial charge in [0.05, 0.1) is 18.7 Å². The van der Waals surface area contributed by atoms with Gasteiger partial charge in [0.15, 0.2) is 5.82 Å². The first-order valence-corrected chi connectivity index (χ1v) is 8.96. The fourth-order valence-electron chi connectivity index (χ4n) is 3.52. The Hall–Kier alpha value is -2.25. The van der Waals surface area contributed by atoms with Crippen LogP contribution < -0.4 is 4.90 Å². The van der Waals surface area contributed by atoms with Crippen LogP contribution in [0.4, 0.5) is 5.69 Å². The van der Waals surface area contributed by atoms with E-state index >= 15 is 0 Å². The van der Waals surface area contributed by atoms with E-state index in [-0.39, 0.29) is 24.6 Å². The van der Waals surface area contributed by atoms with Crippen molar-refractivity contribution in [2.75, 3.05) is 31.6 Å². The lowest BCUT2D eigenvalue weighted by molar-refractivity contribution is -0.120. The molecule has 2 atom stereocenters. The van der Waals surface area contributed by atoms with Gasteiger partial charge in [-0.3, -0.25) is 9.69 Å². The topological polar surface area (TPSA) is 71.7 Å². The van der Waals surface area contributed by atoms with Crippen molar-refractivity contribution in [3.63, 3.8) is 0 Å². The maximum Gasteiger partial charge on any atom is 0.244 e. The van der Waals surface area contributed by atoms with Gasteiger partial charge in [-0.25, -0.2) is 0 Å². The number of hydrogen-bond acceptors (Lipinski definition) is 6. The molecule has 7 heteroatoms. The average molecular weight is 358 g/mol. The van der Waals surface area contributed by atoms with E-state index in [1.807, 2.05) is 43.0 Å². The first-order valence-electron chi connectivity index (χ1n) is 8.96. The van der Waals surface area contributed by atoms with Gasteiger partial charge in [0, 0.05) is 25.9 Å². The van der Waals surface area contributed by atoms with E-state index in [0.717, 1.165) is 17.7 Å². The van der Waals surface area contributed by atoms with Crippen LogP contribution in [0.1, 0.15) is 36.7 Å². The number of likely N-dealkylation sites (N-methyl/N-ethyl adjacent to an activating group) is 1. The molecule has 2 aromatic rings. The second-order valence-corrected chi connectivity index (χ2v) is 6.64. The van der Waals surface area contributed by atoms with E-state index in [4.69, 9.17) is 9.26 Å². The molecule has 3 rings (SSSR count). The molecule has 1 aromatic carbocycles. The zero-order valence-corrected chi connectivity index (χ0v) is 15.8. The summed E-state index contributed by atoms with van der Waals surface area (Å²) < 4.78 is 10.9. The van der Waals surface area contributed by atoms with Crippen molar-refractivity contribution < 1.29 is 14.1 Å². The third kappa shape index (κ3) is 3.78. The number of amides is 1. The summed E-state index contributed by atoms with van der Waals surface area (Å²) in [5.41, 5.74) is 2.04. The minimum absolute atomic E-state index is 0.0496. The lowest BCUT2D eigenvalue weighted by Gasteiger charge is -2.27. The molecule has 0 unspecified atom stereocenters. The molecule has 1 aromatic heterocycles. The minimum Gasteiger partial charge on any atom is -0.380 e. The van der Waals surface area contributed by atoms with Gasteiger partial charge in [-0.2, -0.15) is 4.98 Å². The number of carbonyl (C=O) groups excluding carboxylic acids is 1. The molecule has 0 bridgehead atoms. The zero-order valence-electron chi connectivity index (χ0n) is 15.8. The third-order valence-electron chi connectivity index (χ3n) is 4.89. The number of hydrogen-bond donors (Lipinski definition) is 0. The fourth-order valence-corrected chi connectivity index (χ4v) is 3.52. The molecule has 1 aliphatic rings. The molecule has 1 aliphatic heterocycles. The summed E-state index contributed by atoms with van der Waals surface area (Å²) in [6.45, 7) is 7.38. The molecule has 0 saturated carbocycles. The Bertz CT molecular complexity index is 761. The zero-order chi connectivity index (χ0) is 18.7. The Labute approximate surface area is 153 Å². The van der Waals surface area contributed by atoms with Crippen LogP contribution in [0.5, 0.6) is 0 Å². The van der Waals surface area contributed by atoms with Gasteiger partial charge in [0.2, 0.25) is 11.8 Å². The quantitative estimate of drug-likeness (QED) is 0.790. The molecule has 0 radical (unpaired) electrons. The summed E-state index contributed by atoms with van der Waals surface area (Å²) in [5, 5.41) is 3.89. The van der Waals surface area contributed by atoms with Crippen molar-refractivity contribution in [3.8, 4) is 0 Å². The van der Waals surface area contributed by atoms with Gasteiger partial charge < -0.3 is 14.2 Å². The van der Waals surface area contributed by atoms with Gasteiger partial charge in [0.25, 0.3) is 0 Å². The maximum atomic E-state index is 13.0. The largest absolute Gasteiger partial charge is 0.380 e. The van der Waals surface area contributed by atoms with Crippen LogP contribution >= 0.6 is 0 Å². The molecule has 1 amide bonds. The Morgan fingerprint density at radius 3 is 2.77 bits per heavy atom. The van der Waals surface area contributed by atoms with E-state index in [2.05, 4.69) is 15.0 Å². The lowest BCUT2D eigenvalue weighted by Crippen LogP contribution is -2.41. The highest BCUT2D eigenvalue weighted by Crippen LogP contribution is 2.32. The Morgan fingerprint density at radius 1 is 1.38 bits per heavy atom. The molecule has 1 fully saturated rings. The number of ether oxygens (including phenoxy) is 1. The molecular formula is C19H26N4O3. The molecule has 0 aliphatic carbocycles. The number of likely N-dealkylation sites (tertiary alicyclic amines) is 1. The van der Waals surface area contributed by atoms with Crippen molar-refractivity contribution in [1.82, 2.24) is 15.0 Å². The summed E-state index contributed by atoms with van der Waals surface area (Å²) in [6, 6.07) is 7.85. The molecule has 1 saturated heterocycles. The Balaban J connectivity index is 1.78. The van der Waals surface area contributed by atoms with Crippen molar-refractivity contribution >= 4 is 11.6 Å².